The van der Waals surface area contributed by atoms with E-state index < -0.39 is 17.5 Å². The van der Waals surface area contributed by atoms with Gasteiger partial charge in [-0.2, -0.15) is 5.26 Å². The van der Waals surface area contributed by atoms with Gasteiger partial charge in [0.05, 0.1) is 17.2 Å². The number of nitrogens with one attached hydrogen (secondary N) is 1. The van der Waals surface area contributed by atoms with Gasteiger partial charge >= 0.3 is 5.97 Å². The maximum absolute atomic E-state index is 13.2. The van der Waals surface area contributed by atoms with Crippen molar-refractivity contribution >= 4 is 35.1 Å². The topological polar surface area (TPSA) is 79.2 Å². The van der Waals surface area contributed by atoms with Gasteiger partial charge < -0.3 is 10.1 Å². The number of hydrogen-bond donors (Lipinski definition) is 1. The molecule has 0 heterocycles. The molecular formula is C28H26Cl2N2O3. The predicted molar refractivity (Wildman–Crippen MR) is 138 cm³/mol. The molecular weight excluding hydrogens is 483 g/mol. The van der Waals surface area contributed by atoms with Crippen LogP contribution in [0.15, 0.2) is 72.8 Å². The Balaban J connectivity index is 1.79. The van der Waals surface area contributed by atoms with Crippen LogP contribution in [0.1, 0.15) is 53.7 Å². The fourth-order valence-corrected chi connectivity index (χ4v) is 3.95. The summed E-state index contributed by atoms with van der Waals surface area (Å²) in [6.07, 6.45) is 0.610. The quantitative estimate of drug-likeness (QED) is 0.360. The smallest absolute Gasteiger partial charge is 0.339 e. The second-order valence-corrected chi connectivity index (χ2v) is 9.72. The summed E-state index contributed by atoms with van der Waals surface area (Å²) in [6.45, 7) is 5.00. The largest absolute Gasteiger partial charge is 0.446 e. The molecule has 0 bridgehead atoms. The molecule has 3 aromatic rings. The molecule has 0 aromatic heterocycles. The maximum atomic E-state index is 13.2. The summed E-state index contributed by atoms with van der Waals surface area (Å²) < 4.78 is 5.53. The van der Waals surface area contributed by atoms with E-state index in [0.717, 1.165) is 11.1 Å². The van der Waals surface area contributed by atoms with E-state index in [1.807, 2.05) is 49.4 Å². The molecule has 0 saturated heterocycles. The maximum Gasteiger partial charge on any atom is 0.339 e. The van der Waals surface area contributed by atoms with Crippen molar-refractivity contribution in [2.24, 2.45) is 0 Å². The number of carbonyl (C=O) groups is 2. The van der Waals surface area contributed by atoms with Crippen LogP contribution in [0.4, 0.5) is 0 Å². The second-order valence-electron chi connectivity index (χ2n) is 8.84. The predicted octanol–water partition coefficient (Wildman–Crippen LogP) is 6.33. The number of hydrogen-bond acceptors (Lipinski definition) is 4. The van der Waals surface area contributed by atoms with Crippen LogP contribution in [0, 0.1) is 11.3 Å². The number of esters is 1. The molecule has 3 aromatic carbocycles. The van der Waals surface area contributed by atoms with Crippen molar-refractivity contribution in [3.8, 4) is 6.07 Å². The Hall–Kier alpha value is -3.33. The summed E-state index contributed by atoms with van der Waals surface area (Å²) >= 11 is 11.9. The fraction of sp³-hybridized carbons (Fsp3) is 0.250. The third kappa shape index (κ3) is 7.08. The lowest BCUT2D eigenvalue weighted by atomic mass is 9.85. The van der Waals surface area contributed by atoms with Gasteiger partial charge in [-0.15, -0.1) is 0 Å². The Labute approximate surface area is 215 Å². The van der Waals surface area contributed by atoms with E-state index in [4.69, 9.17) is 27.9 Å². The molecule has 1 amide bonds. The Morgan fingerprint density at radius 1 is 1.00 bits per heavy atom. The lowest BCUT2D eigenvalue weighted by Crippen LogP contribution is -2.50. The number of benzene rings is 3. The van der Waals surface area contributed by atoms with E-state index in [0.29, 0.717) is 27.6 Å². The molecule has 0 radical (unpaired) electrons. The summed E-state index contributed by atoms with van der Waals surface area (Å²) in [7, 11) is 0. The Kier molecular flexibility index (Phi) is 8.56. The molecule has 180 valence electrons. The minimum Gasteiger partial charge on any atom is -0.446 e. The minimum absolute atomic E-state index is 0.142. The highest BCUT2D eigenvalue weighted by atomic mass is 35.5. The van der Waals surface area contributed by atoms with E-state index >= 15 is 0 Å². The van der Waals surface area contributed by atoms with Crippen molar-refractivity contribution in [2.45, 2.75) is 44.8 Å². The van der Waals surface area contributed by atoms with Crippen molar-refractivity contribution in [1.29, 1.82) is 5.26 Å². The molecule has 7 heteroatoms. The molecule has 5 nitrogen and oxygen atoms in total. The molecule has 0 aliphatic heterocycles. The molecule has 0 fully saturated rings. The van der Waals surface area contributed by atoms with Gasteiger partial charge in [0.25, 0.3) is 5.91 Å². The average Bonchev–Trinajstić information content (AvgIpc) is 2.83. The van der Waals surface area contributed by atoms with Crippen LogP contribution in [0.3, 0.4) is 0 Å². The van der Waals surface area contributed by atoms with Crippen LogP contribution in [0.2, 0.25) is 10.0 Å². The molecule has 0 spiro atoms. The Morgan fingerprint density at radius 2 is 1.60 bits per heavy atom. The summed E-state index contributed by atoms with van der Waals surface area (Å²) in [5, 5.41) is 13.5. The van der Waals surface area contributed by atoms with Crippen molar-refractivity contribution in [3.05, 3.63) is 105 Å². The van der Waals surface area contributed by atoms with Gasteiger partial charge in [-0.1, -0.05) is 47.5 Å². The van der Waals surface area contributed by atoms with E-state index in [1.165, 1.54) is 0 Å². The van der Waals surface area contributed by atoms with E-state index in [9.17, 15) is 14.9 Å². The van der Waals surface area contributed by atoms with Crippen molar-refractivity contribution in [2.75, 3.05) is 0 Å². The van der Waals surface area contributed by atoms with Gasteiger partial charge in [-0.05, 0) is 86.8 Å². The van der Waals surface area contributed by atoms with Crippen molar-refractivity contribution < 1.29 is 14.3 Å². The van der Waals surface area contributed by atoms with Crippen molar-refractivity contribution in [3.63, 3.8) is 0 Å². The molecule has 0 saturated carbocycles. The zero-order chi connectivity index (χ0) is 25.6. The third-order valence-corrected chi connectivity index (χ3v) is 6.25. The molecule has 2 atom stereocenters. The summed E-state index contributed by atoms with van der Waals surface area (Å²) in [4.78, 5) is 25.7. The SMILES string of the molecule is C[C@H](NC(=O)C(C)(C)OC(=O)c1ccc(Cl)cc1)[C@@H](Cc1ccc(Cl)cc1)c1cccc(C#N)c1. The number of rotatable bonds is 8. The average molecular weight is 509 g/mol. The molecule has 35 heavy (non-hydrogen) atoms. The molecule has 1 N–H and O–H groups in total. The highest BCUT2D eigenvalue weighted by Crippen LogP contribution is 2.27. The minimum atomic E-state index is -1.41. The highest BCUT2D eigenvalue weighted by Gasteiger charge is 2.34. The molecule has 0 unspecified atom stereocenters. The monoisotopic (exact) mass is 508 g/mol. The summed E-state index contributed by atoms with van der Waals surface area (Å²) in [5.74, 6) is -1.19. The van der Waals surface area contributed by atoms with Crippen LogP contribution in [-0.4, -0.2) is 23.5 Å². The van der Waals surface area contributed by atoms with Crippen molar-refractivity contribution in [1.82, 2.24) is 5.32 Å². The number of ether oxygens (including phenoxy) is 1. The first-order chi connectivity index (χ1) is 16.6. The van der Waals surface area contributed by atoms with Crippen LogP contribution < -0.4 is 5.32 Å². The van der Waals surface area contributed by atoms with Crippen LogP contribution in [0.25, 0.3) is 0 Å². The second kappa shape index (κ2) is 11.4. The van der Waals surface area contributed by atoms with Gasteiger partial charge in [0.2, 0.25) is 0 Å². The van der Waals surface area contributed by atoms with Gasteiger partial charge in [-0.3, -0.25) is 4.79 Å². The standard InChI is InChI=1S/C28H26Cl2N2O3/c1-18(32-27(34)28(2,3)35-26(33)21-9-13-24(30)14-10-21)25(16-19-7-11-23(29)12-8-19)22-6-4-5-20(15-22)17-31/h4-15,18,25H,16H2,1-3H3,(H,32,34)/t18-,25+/m0/s1. The number of nitrogens with zero attached hydrogens (tertiary/aromatic N) is 1. The van der Waals surface area contributed by atoms with Gasteiger partial charge in [-0.25, -0.2) is 4.79 Å². The third-order valence-electron chi connectivity index (χ3n) is 5.75. The van der Waals surface area contributed by atoms with Gasteiger partial charge in [0, 0.05) is 22.0 Å². The summed E-state index contributed by atoms with van der Waals surface area (Å²) in [6, 6.07) is 23.0. The van der Waals surface area contributed by atoms with E-state index in [-0.39, 0.29) is 12.0 Å². The first-order valence-electron chi connectivity index (χ1n) is 11.1. The van der Waals surface area contributed by atoms with E-state index in [2.05, 4.69) is 11.4 Å². The zero-order valence-corrected chi connectivity index (χ0v) is 21.2. The lowest BCUT2D eigenvalue weighted by molar-refractivity contribution is -0.138. The normalized spacial score (nSPS) is 12.8. The van der Waals surface area contributed by atoms with Gasteiger partial charge in [0.1, 0.15) is 0 Å². The van der Waals surface area contributed by atoms with Crippen LogP contribution in [0.5, 0.6) is 0 Å². The molecule has 0 aliphatic carbocycles. The molecule has 0 aliphatic rings. The number of carbonyl (C=O) groups excluding carboxylic acids is 2. The summed E-state index contributed by atoms with van der Waals surface area (Å²) in [5.41, 5.74) is 1.39. The Bertz CT molecular complexity index is 1230. The first kappa shape index (κ1) is 26.3. The first-order valence-corrected chi connectivity index (χ1v) is 11.9. The van der Waals surface area contributed by atoms with Gasteiger partial charge in [0.15, 0.2) is 5.60 Å². The number of halogens is 2. The Morgan fingerprint density at radius 3 is 2.20 bits per heavy atom. The van der Waals surface area contributed by atoms with Crippen LogP contribution >= 0.6 is 23.2 Å². The highest BCUT2D eigenvalue weighted by molar-refractivity contribution is 6.30. The molecule has 3 rings (SSSR count). The van der Waals surface area contributed by atoms with Crippen LogP contribution in [-0.2, 0) is 16.0 Å². The number of amides is 1. The fourth-order valence-electron chi connectivity index (χ4n) is 3.70. The lowest BCUT2D eigenvalue weighted by Gasteiger charge is -2.30. The number of nitriles is 1. The zero-order valence-electron chi connectivity index (χ0n) is 19.7. The van der Waals surface area contributed by atoms with E-state index in [1.54, 1.807) is 44.2 Å².